The van der Waals surface area contributed by atoms with Crippen molar-refractivity contribution in [1.82, 2.24) is 19.4 Å². The lowest BCUT2D eigenvalue weighted by molar-refractivity contribution is -0.137. The van der Waals surface area contributed by atoms with E-state index in [0.717, 1.165) is 27.9 Å². The molecule has 1 amide bonds. The Hall–Kier alpha value is -2.80. The van der Waals surface area contributed by atoms with Crippen molar-refractivity contribution in [3.05, 3.63) is 42.5 Å². The smallest absolute Gasteiger partial charge is 0.265 e. The van der Waals surface area contributed by atoms with Crippen LogP contribution in [0.3, 0.4) is 0 Å². The monoisotopic (exact) mass is 353 g/mol. The SMILES string of the molecule is Cc1ncc(-c2ccc3cnc(NC(=O)C4(F)CN(C)C4)cc3c2)n1C. The quantitative estimate of drug-likeness (QED) is 0.786. The normalized spacial score (nSPS) is 16.5. The maximum Gasteiger partial charge on any atom is 0.265 e. The lowest BCUT2D eigenvalue weighted by Crippen LogP contribution is -2.63. The minimum atomic E-state index is -1.83. The number of fused-ring (bicyclic) bond motifs is 1. The Morgan fingerprint density at radius 1 is 1.15 bits per heavy atom. The first-order chi connectivity index (χ1) is 12.4. The van der Waals surface area contributed by atoms with E-state index >= 15 is 0 Å². The topological polar surface area (TPSA) is 63.1 Å². The molecule has 2 aromatic heterocycles. The summed E-state index contributed by atoms with van der Waals surface area (Å²) in [6.07, 6.45) is 3.52. The van der Waals surface area contributed by atoms with Crippen LogP contribution in [0.2, 0.25) is 0 Å². The Labute approximate surface area is 150 Å². The molecule has 0 atom stereocenters. The number of hydrogen-bond donors (Lipinski definition) is 1. The van der Waals surface area contributed by atoms with E-state index in [2.05, 4.69) is 15.3 Å². The third kappa shape index (κ3) is 2.74. The van der Waals surface area contributed by atoms with Crippen molar-refractivity contribution >= 4 is 22.5 Å². The van der Waals surface area contributed by atoms with Crippen LogP contribution in [0.5, 0.6) is 0 Å². The predicted molar refractivity (Wildman–Crippen MR) is 98.6 cm³/mol. The molecule has 1 aromatic carbocycles. The first-order valence-corrected chi connectivity index (χ1v) is 8.43. The Bertz CT molecular complexity index is 1010. The van der Waals surface area contributed by atoms with E-state index in [1.165, 1.54) is 0 Å². The van der Waals surface area contributed by atoms with Crippen molar-refractivity contribution in [1.29, 1.82) is 0 Å². The van der Waals surface area contributed by atoms with Gasteiger partial charge in [-0.2, -0.15) is 0 Å². The molecule has 0 bridgehead atoms. The standard InChI is InChI=1S/C19H20FN5O/c1-12-21-9-16(25(12)3)13-4-5-14-8-22-17(7-15(14)6-13)23-18(26)19(20)10-24(2)11-19/h4-9H,10-11H2,1-3H3,(H,22,23,26). The van der Waals surface area contributed by atoms with E-state index < -0.39 is 11.6 Å². The summed E-state index contributed by atoms with van der Waals surface area (Å²) < 4.78 is 16.4. The van der Waals surface area contributed by atoms with E-state index in [4.69, 9.17) is 0 Å². The Kier molecular flexibility index (Phi) is 3.77. The molecule has 0 saturated carbocycles. The third-order valence-corrected chi connectivity index (χ3v) is 4.93. The number of benzene rings is 1. The first-order valence-electron chi connectivity index (χ1n) is 8.43. The summed E-state index contributed by atoms with van der Waals surface area (Å²) in [5, 5.41) is 4.47. The van der Waals surface area contributed by atoms with Gasteiger partial charge in [0, 0.05) is 37.3 Å². The highest BCUT2D eigenvalue weighted by atomic mass is 19.1. The molecular weight excluding hydrogens is 333 g/mol. The number of nitrogens with one attached hydrogen (secondary N) is 1. The number of hydrogen-bond acceptors (Lipinski definition) is 4. The van der Waals surface area contributed by atoms with Gasteiger partial charge < -0.3 is 9.88 Å². The summed E-state index contributed by atoms with van der Waals surface area (Å²) in [6.45, 7) is 2.17. The van der Waals surface area contributed by atoms with Gasteiger partial charge in [0.1, 0.15) is 11.6 Å². The molecule has 134 valence electrons. The van der Waals surface area contributed by atoms with E-state index in [0.29, 0.717) is 5.82 Å². The van der Waals surface area contributed by atoms with E-state index in [9.17, 15) is 9.18 Å². The van der Waals surface area contributed by atoms with Gasteiger partial charge in [-0.1, -0.05) is 12.1 Å². The molecule has 3 aromatic rings. The number of pyridine rings is 1. The van der Waals surface area contributed by atoms with Crippen molar-refractivity contribution in [2.45, 2.75) is 12.6 Å². The maximum absolute atomic E-state index is 14.4. The zero-order valence-corrected chi connectivity index (χ0v) is 15.0. The van der Waals surface area contributed by atoms with Gasteiger partial charge in [0.15, 0.2) is 0 Å². The van der Waals surface area contributed by atoms with Gasteiger partial charge >= 0.3 is 0 Å². The number of carbonyl (C=O) groups is 1. The minimum Gasteiger partial charge on any atom is -0.331 e. The third-order valence-electron chi connectivity index (χ3n) is 4.93. The largest absolute Gasteiger partial charge is 0.331 e. The number of amides is 1. The van der Waals surface area contributed by atoms with E-state index in [1.54, 1.807) is 24.2 Å². The molecule has 3 heterocycles. The van der Waals surface area contributed by atoms with Crippen LogP contribution in [0.1, 0.15) is 5.82 Å². The summed E-state index contributed by atoms with van der Waals surface area (Å²) >= 11 is 0. The Morgan fingerprint density at radius 2 is 1.92 bits per heavy atom. The average Bonchev–Trinajstić information content (AvgIpc) is 2.92. The number of rotatable bonds is 3. The summed E-state index contributed by atoms with van der Waals surface area (Å²) in [5.41, 5.74) is 0.193. The van der Waals surface area contributed by atoms with Gasteiger partial charge in [0.2, 0.25) is 5.67 Å². The van der Waals surface area contributed by atoms with Gasteiger partial charge in [-0.3, -0.25) is 9.69 Å². The number of imidazole rings is 1. The zero-order valence-electron chi connectivity index (χ0n) is 15.0. The number of halogens is 1. The van der Waals surface area contributed by atoms with Crippen LogP contribution < -0.4 is 5.32 Å². The molecule has 4 rings (SSSR count). The van der Waals surface area contributed by atoms with Crippen LogP contribution in [0.15, 0.2) is 36.7 Å². The van der Waals surface area contributed by atoms with Crippen molar-refractivity contribution in [3.63, 3.8) is 0 Å². The lowest BCUT2D eigenvalue weighted by atomic mass is 9.96. The second-order valence-corrected chi connectivity index (χ2v) is 6.97. The highest BCUT2D eigenvalue weighted by Crippen LogP contribution is 2.28. The highest BCUT2D eigenvalue weighted by molar-refractivity contribution is 5.99. The van der Waals surface area contributed by atoms with Crippen LogP contribution in [0, 0.1) is 6.92 Å². The molecule has 1 aliphatic rings. The maximum atomic E-state index is 14.4. The molecule has 0 aliphatic carbocycles. The van der Waals surface area contributed by atoms with Gasteiger partial charge in [0.25, 0.3) is 5.91 Å². The summed E-state index contributed by atoms with van der Waals surface area (Å²) in [5.74, 6) is 0.648. The van der Waals surface area contributed by atoms with E-state index in [1.807, 2.05) is 42.9 Å². The highest BCUT2D eigenvalue weighted by Gasteiger charge is 2.48. The molecule has 0 spiro atoms. The fourth-order valence-corrected chi connectivity index (χ4v) is 3.32. The molecule has 1 N–H and O–H groups in total. The summed E-state index contributed by atoms with van der Waals surface area (Å²) in [6, 6.07) is 7.78. The number of aryl methyl sites for hydroxylation is 1. The molecule has 0 unspecified atom stereocenters. The summed E-state index contributed by atoms with van der Waals surface area (Å²) in [7, 11) is 3.75. The van der Waals surface area contributed by atoms with E-state index in [-0.39, 0.29) is 13.1 Å². The van der Waals surface area contributed by atoms with Crippen LogP contribution in [-0.2, 0) is 11.8 Å². The molecule has 1 fully saturated rings. The van der Waals surface area contributed by atoms with Gasteiger partial charge in [-0.25, -0.2) is 14.4 Å². The lowest BCUT2D eigenvalue weighted by Gasteiger charge is -2.40. The second-order valence-electron chi connectivity index (χ2n) is 6.97. The number of carbonyl (C=O) groups excluding carboxylic acids is 1. The van der Waals surface area contributed by atoms with Crippen LogP contribution in [0.25, 0.3) is 22.0 Å². The van der Waals surface area contributed by atoms with Gasteiger partial charge in [-0.15, -0.1) is 0 Å². The van der Waals surface area contributed by atoms with Crippen molar-refractivity contribution in [2.75, 3.05) is 25.5 Å². The number of nitrogens with zero attached hydrogens (tertiary/aromatic N) is 4. The molecule has 26 heavy (non-hydrogen) atoms. The van der Waals surface area contributed by atoms with Gasteiger partial charge in [0.05, 0.1) is 11.9 Å². The van der Waals surface area contributed by atoms with Crippen molar-refractivity contribution in [3.8, 4) is 11.3 Å². The first kappa shape index (κ1) is 16.7. The van der Waals surface area contributed by atoms with Crippen molar-refractivity contribution in [2.24, 2.45) is 7.05 Å². The molecule has 6 nitrogen and oxygen atoms in total. The van der Waals surface area contributed by atoms with Crippen molar-refractivity contribution < 1.29 is 9.18 Å². The minimum absolute atomic E-state index is 0.108. The molecular formula is C19H20FN5O. The fraction of sp³-hybridized carbons (Fsp3) is 0.316. The number of anilines is 1. The number of alkyl halides is 1. The Morgan fingerprint density at radius 3 is 2.58 bits per heavy atom. The average molecular weight is 353 g/mol. The number of aromatic nitrogens is 3. The second kappa shape index (κ2) is 5.88. The zero-order chi connectivity index (χ0) is 18.5. The summed E-state index contributed by atoms with van der Waals surface area (Å²) in [4.78, 5) is 22.5. The molecule has 1 saturated heterocycles. The fourth-order valence-electron chi connectivity index (χ4n) is 3.32. The van der Waals surface area contributed by atoms with Crippen LogP contribution in [-0.4, -0.2) is 51.1 Å². The molecule has 1 aliphatic heterocycles. The van der Waals surface area contributed by atoms with Crippen LogP contribution in [0.4, 0.5) is 10.2 Å². The van der Waals surface area contributed by atoms with Gasteiger partial charge in [-0.05, 0) is 31.5 Å². The number of likely N-dealkylation sites (tertiary alicyclic amines) is 1. The molecule has 0 radical (unpaired) electrons. The predicted octanol–water partition coefficient (Wildman–Crippen LogP) is 2.54. The Balaban J connectivity index is 1.64. The molecule has 7 heteroatoms. The van der Waals surface area contributed by atoms with Crippen LogP contribution >= 0.6 is 0 Å².